The van der Waals surface area contributed by atoms with Crippen LogP contribution in [-0.2, 0) is 10.2 Å². The van der Waals surface area contributed by atoms with Gasteiger partial charge in [-0.2, -0.15) is 0 Å². The summed E-state index contributed by atoms with van der Waals surface area (Å²) in [6.45, 7) is 0. The highest BCUT2D eigenvalue weighted by molar-refractivity contribution is 7.99. The zero-order valence-corrected chi connectivity index (χ0v) is 17.6. The van der Waals surface area contributed by atoms with Crippen molar-refractivity contribution in [2.24, 2.45) is 0 Å². The van der Waals surface area contributed by atoms with Crippen LogP contribution in [-0.4, -0.2) is 27.7 Å². The van der Waals surface area contributed by atoms with Gasteiger partial charge in [0.25, 0.3) is 5.91 Å². The van der Waals surface area contributed by atoms with Gasteiger partial charge in [0.1, 0.15) is 5.01 Å². The Morgan fingerprint density at radius 1 is 1.32 bits per heavy atom. The number of benzene rings is 1. The van der Waals surface area contributed by atoms with Crippen molar-refractivity contribution in [3.63, 3.8) is 0 Å². The summed E-state index contributed by atoms with van der Waals surface area (Å²) < 4.78 is 6.91. The molecule has 7 rings (SSSR count). The molecule has 1 aromatic carbocycles. The fourth-order valence-electron chi connectivity index (χ4n) is 4.78. The quantitative estimate of drug-likeness (QED) is 0.622. The Balaban J connectivity index is 1.15. The average molecular weight is 432 g/mol. The molecule has 4 aliphatic rings. The van der Waals surface area contributed by atoms with Crippen molar-refractivity contribution >= 4 is 50.8 Å². The first-order chi connectivity index (χ1) is 13.4. The highest BCUT2D eigenvalue weighted by Gasteiger charge is 2.70. The summed E-state index contributed by atoms with van der Waals surface area (Å²) in [7, 11) is 0. The topological polar surface area (TPSA) is 68.0 Å². The highest BCUT2D eigenvalue weighted by atomic mass is 35.5. The molecule has 8 heteroatoms. The maximum atomic E-state index is 12.7. The first-order valence-electron chi connectivity index (χ1n) is 9.36. The van der Waals surface area contributed by atoms with Crippen molar-refractivity contribution in [1.82, 2.24) is 15.3 Å². The number of hydrogen-bond donors (Lipinski definition) is 1. The van der Waals surface area contributed by atoms with Crippen LogP contribution in [0.2, 0.25) is 5.02 Å². The largest absolute Gasteiger partial charge is 0.434 e. The number of amides is 1. The van der Waals surface area contributed by atoms with E-state index in [2.05, 4.69) is 16.6 Å². The normalized spacial score (nSPS) is 29.2. The summed E-state index contributed by atoms with van der Waals surface area (Å²) >= 11 is 9.57. The standard InChI is InChI=1S/C20H18ClN3O2S2/c1-27-20(4-5-20)16-22-7-13(26-16)15(25)24-19-8-18(9-19,10-19)17-23-12-3-2-11(21)6-14(12)28-17/h2-3,6-7H,4-5,8-10H2,1H3,(H,24,25). The van der Waals surface area contributed by atoms with E-state index in [0.29, 0.717) is 11.7 Å². The zero-order valence-electron chi connectivity index (χ0n) is 15.3. The van der Waals surface area contributed by atoms with Gasteiger partial charge in [0.05, 0.1) is 21.2 Å². The molecule has 0 aliphatic heterocycles. The van der Waals surface area contributed by atoms with E-state index in [1.54, 1.807) is 29.3 Å². The summed E-state index contributed by atoms with van der Waals surface area (Å²) in [6, 6.07) is 5.83. The average Bonchev–Trinajstić information content (AvgIpc) is 3.06. The molecule has 144 valence electrons. The number of fused-ring (bicyclic) bond motifs is 1. The number of oxazole rings is 1. The number of rotatable bonds is 5. The Labute approximate surface area is 175 Å². The van der Waals surface area contributed by atoms with Crippen LogP contribution in [0, 0.1) is 0 Å². The van der Waals surface area contributed by atoms with E-state index < -0.39 is 0 Å². The van der Waals surface area contributed by atoms with Crippen molar-refractivity contribution in [3.05, 3.63) is 46.1 Å². The van der Waals surface area contributed by atoms with Gasteiger partial charge in [-0.25, -0.2) is 9.97 Å². The van der Waals surface area contributed by atoms with Crippen molar-refractivity contribution in [2.45, 2.75) is 47.8 Å². The lowest BCUT2D eigenvalue weighted by atomic mass is 9.39. The van der Waals surface area contributed by atoms with Gasteiger partial charge in [-0.05, 0) is 56.6 Å². The van der Waals surface area contributed by atoms with Crippen LogP contribution in [0.3, 0.4) is 0 Å². The van der Waals surface area contributed by atoms with Crippen molar-refractivity contribution in [2.75, 3.05) is 6.26 Å². The molecule has 2 heterocycles. The molecule has 4 fully saturated rings. The van der Waals surface area contributed by atoms with Gasteiger partial charge >= 0.3 is 0 Å². The maximum Gasteiger partial charge on any atom is 0.289 e. The molecule has 2 bridgehead atoms. The minimum absolute atomic E-state index is 0.00531. The molecule has 4 saturated carbocycles. The van der Waals surface area contributed by atoms with Crippen LogP contribution in [0.25, 0.3) is 10.2 Å². The molecule has 0 radical (unpaired) electrons. The number of thiazole rings is 1. The molecule has 3 aromatic rings. The highest BCUT2D eigenvalue weighted by Crippen LogP contribution is 2.68. The van der Waals surface area contributed by atoms with E-state index >= 15 is 0 Å². The fraction of sp³-hybridized carbons (Fsp3) is 0.450. The molecular formula is C20H18ClN3O2S2. The van der Waals surface area contributed by atoms with E-state index in [1.807, 2.05) is 18.2 Å². The molecule has 5 nitrogen and oxygen atoms in total. The van der Waals surface area contributed by atoms with E-state index in [-0.39, 0.29) is 21.6 Å². The zero-order chi connectivity index (χ0) is 19.1. The summed E-state index contributed by atoms with van der Waals surface area (Å²) in [5.74, 6) is 0.858. The van der Waals surface area contributed by atoms with E-state index in [1.165, 1.54) is 5.01 Å². The number of nitrogens with zero attached hydrogens (tertiary/aromatic N) is 2. The number of thioether (sulfide) groups is 1. The Kier molecular flexibility index (Phi) is 3.41. The van der Waals surface area contributed by atoms with Crippen molar-refractivity contribution in [1.29, 1.82) is 0 Å². The maximum absolute atomic E-state index is 12.7. The van der Waals surface area contributed by atoms with Gasteiger partial charge in [0, 0.05) is 16.0 Å². The minimum atomic E-state index is -0.153. The third-order valence-electron chi connectivity index (χ3n) is 6.43. The first-order valence-corrected chi connectivity index (χ1v) is 11.8. The summed E-state index contributed by atoms with van der Waals surface area (Å²) in [5, 5.41) is 5.10. The summed E-state index contributed by atoms with van der Waals surface area (Å²) in [6.07, 6.45) is 8.58. The second kappa shape index (κ2) is 5.52. The Hall–Kier alpha value is -1.57. The van der Waals surface area contributed by atoms with Crippen molar-refractivity contribution < 1.29 is 9.21 Å². The molecule has 28 heavy (non-hydrogen) atoms. The van der Waals surface area contributed by atoms with Crippen LogP contribution in [0.4, 0.5) is 0 Å². The molecule has 0 unspecified atom stereocenters. The van der Waals surface area contributed by atoms with Gasteiger partial charge in [-0.1, -0.05) is 11.6 Å². The Morgan fingerprint density at radius 3 is 2.82 bits per heavy atom. The fourth-order valence-corrected chi connectivity index (χ4v) is 6.99. The van der Waals surface area contributed by atoms with Gasteiger partial charge in [0.15, 0.2) is 0 Å². The molecule has 1 N–H and O–H groups in total. The van der Waals surface area contributed by atoms with E-state index in [9.17, 15) is 4.79 Å². The van der Waals surface area contributed by atoms with Gasteiger partial charge < -0.3 is 9.73 Å². The van der Waals surface area contributed by atoms with Crippen LogP contribution in [0.5, 0.6) is 0 Å². The number of halogens is 1. The molecule has 4 aliphatic carbocycles. The number of carbonyl (C=O) groups is 1. The lowest BCUT2D eigenvalue weighted by molar-refractivity contribution is -0.0811. The predicted octanol–water partition coefficient (Wildman–Crippen LogP) is 4.89. The second-order valence-corrected chi connectivity index (χ2v) is 11.1. The number of aromatic nitrogens is 2. The lowest BCUT2D eigenvalue weighted by Gasteiger charge is -2.69. The SMILES string of the molecule is CSC1(c2ncc(C(=O)NC34CC(c5nc6ccc(Cl)cc6s5)(C3)C4)o2)CC1. The van der Waals surface area contributed by atoms with E-state index in [4.69, 9.17) is 21.0 Å². The minimum Gasteiger partial charge on any atom is -0.434 e. The molecule has 2 aromatic heterocycles. The third-order valence-corrected chi connectivity index (χ3v) is 9.29. The first kappa shape index (κ1) is 17.3. The molecule has 0 atom stereocenters. The summed E-state index contributed by atoms with van der Waals surface area (Å²) in [4.78, 5) is 21.8. The van der Waals surface area contributed by atoms with Gasteiger partial charge in [-0.15, -0.1) is 23.1 Å². The van der Waals surface area contributed by atoms with Crippen molar-refractivity contribution in [3.8, 4) is 0 Å². The van der Waals surface area contributed by atoms with Crippen LogP contribution in [0.15, 0.2) is 28.8 Å². The molecular weight excluding hydrogens is 414 g/mol. The second-order valence-electron chi connectivity index (χ2n) is 8.40. The van der Waals surface area contributed by atoms with Gasteiger partial charge in [0.2, 0.25) is 11.7 Å². The summed E-state index contributed by atoms with van der Waals surface area (Å²) in [5.41, 5.74) is 1.01. The number of hydrogen-bond acceptors (Lipinski definition) is 6. The smallest absolute Gasteiger partial charge is 0.289 e. The lowest BCUT2D eigenvalue weighted by Crippen LogP contribution is -2.76. The molecule has 0 saturated heterocycles. The monoisotopic (exact) mass is 431 g/mol. The predicted molar refractivity (Wildman–Crippen MR) is 111 cm³/mol. The molecule has 0 spiro atoms. The third kappa shape index (κ3) is 2.36. The molecule has 1 amide bonds. The Bertz CT molecular complexity index is 1110. The number of nitrogens with one attached hydrogen (secondary N) is 1. The number of carbonyl (C=O) groups excluding carboxylic acids is 1. The van der Waals surface area contributed by atoms with Gasteiger partial charge in [-0.3, -0.25) is 4.79 Å². The Morgan fingerprint density at radius 2 is 2.11 bits per heavy atom. The van der Waals surface area contributed by atoms with Crippen LogP contribution < -0.4 is 5.32 Å². The van der Waals surface area contributed by atoms with Crippen LogP contribution >= 0.6 is 34.7 Å². The van der Waals surface area contributed by atoms with E-state index in [0.717, 1.165) is 47.3 Å². The van der Waals surface area contributed by atoms with Crippen LogP contribution in [0.1, 0.15) is 53.6 Å².